The van der Waals surface area contributed by atoms with Crippen LogP contribution in [0, 0.1) is 5.92 Å². The first-order valence-corrected chi connectivity index (χ1v) is 12.1. The fourth-order valence-corrected chi connectivity index (χ4v) is 4.84. The monoisotopic (exact) mass is 483 g/mol. The highest BCUT2D eigenvalue weighted by Gasteiger charge is 2.26. The normalized spacial score (nSPS) is 15.3. The molecule has 0 unspecified atom stereocenters. The molecule has 1 aliphatic rings. The molecule has 0 bridgehead atoms. The molecule has 1 aliphatic carbocycles. The molecule has 10 heteroatoms. The number of carbonyl (C=O) groups is 2. The van der Waals surface area contributed by atoms with Crippen molar-refractivity contribution in [3.8, 4) is 0 Å². The third-order valence-electron chi connectivity index (χ3n) is 5.33. The van der Waals surface area contributed by atoms with Crippen molar-refractivity contribution in [2.75, 3.05) is 5.75 Å². The standard InChI is InChI=1S/C21H27Cl2N5O2S/c1-12(2)18(25-20(30)15-9-8-13(22)10-16(15)23)19-26-27-21(28(19)3)31-11-17(29)24-14-6-4-5-7-14/h8-10,12,14,18H,4-7,11H2,1-3H3,(H,24,29)(H,25,30)/t18-/m0/s1. The molecule has 0 aliphatic heterocycles. The van der Waals surface area contributed by atoms with Gasteiger partial charge in [0.05, 0.1) is 22.4 Å². The Hall–Kier alpha value is -1.77. The molecule has 1 saturated carbocycles. The van der Waals surface area contributed by atoms with Gasteiger partial charge in [0.15, 0.2) is 11.0 Å². The average Bonchev–Trinajstić information content (AvgIpc) is 3.34. The van der Waals surface area contributed by atoms with E-state index in [2.05, 4.69) is 20.8 Å². The van der Waals surface area contributed by atoms with E-state index in [1.54, 1.807) is 12.1 Å². The van der Waals surface area contributed by atoms with Crippen LogP contribution in [0.1, 0.15) is 61.8 Å². The number of benzene rings is 1. The quantitative estimate of drug-likeness (QED) is 0.543. The predicted octanol–water partition coefficient (Wildman–Crippen LogP) is 4.40. The molecule has 2 amide bonds. The number of amides is 2. The minimum atomic E-state index is -0.376. The van der Waals surface area contributed by atoms with Gasteiger partial charge in [0.25, 0.3) is 5.91 Å². The molecule has 1 atom stereocenters. The van der Waals surface area contributed by atoms with Crippen LogP contribution in [0.15, 0.2) is 23.4 Å². The molecular weight excluding hydrogens is 457 g/mol. The molecule has 7 nitrogen and oxygen atoms in total. The van der Waals surface area contributed by atoms with E-state index < -0.39 is 0 Å². The lowest BCUT2D eigenvalue weighted by Gasteiger charge is -2.22. The SMILES string of the molecule is CC(C)[C@H](NC(=O)c1ccc(Cl)cc1Cl)c1nnc(SCC(=O)NC2CCCC2)n1C. The minimum absolute atomic E-state index is 0.00698. The Balaban J connectivity index is 1.66. The van der Waals surface area contributed by atoms with Gasteiger partial charge in [0.1, 0.15) is 0 Å². The molecule has 168 valence electrons. The smallest absolute Gasteiger partial charge is 0.253 e. The number of hydrogen-bond acceptors (Lipinski definition) is 5. The van der Waals surface area contributed by atoms with Crippen molar-refractivity contribution >= 4 is 46.8 Å². The maximum Gasteiger partial charge on any atom is 0.253 e. The van der Waals surface area contributed by atoms with Crippen LogP contribution in [0.3, 0.4) is 0 Å². The highest BCUT2D eigenvalue weighted by molar-refractivity contribution is 7.99. The van der Waals surface area contributed by atoms with Crippen LogP contribution in [0.5, 0.6) is 0 Å². The second kappa shape index (κ2) is 10.7. The molecule has 2 aromatic rings. The van der Waals surface area contributed by atoms with Gasteiger partial charge in [-0.2, -0.15) is 0 Å². The molecule has 1 aromatic heterocycles. The number of nitrogens with zero attached hydrogens (tertiary/aromatic N) is 3. The zero-order valence-electron chi connectivity index (χ0n) is 17.8. The van der Waals surface area contributed by atoms with Crippen LogP contribution < -0.4 is 10.6 Å². The first-order chi connectivity index (χ1) is 14.8. The first kappa shape index (κ1) is 23.9. The lowest BCUT2D eigenvalue weighted by Crippen LogP contribution is -2.34. The summed E-state index contributed by atoms with van der Waals surface area (Å²) >= 11 is 13.4. The fourth-order valence-electron chi connectivity index (χ4n) is 3.61. The number of aromatic nitrogens is 3. The number of carbonyl (C=O) groups excluding carboxylic acids is 2. The Morgan fingerprint density at radius 3 is 2.58 bits per heavy atom. The summed E-state index contributed by atoms with van der Waals surface area (Å²) in [7, 11) is 1.84. The summed E-state index contributed by atoms with van der Waals surface area (Å²) in [6.07, 6.45) is 4.46. The second-order valence-corrected chi connectivity index (χ2v) is 9.84. The van der Waals surface area contributed by atoms with Crippen molar-refractivity contribution in [1.82, 2.24) is 25.4 Å². The zero-order chi connectivity index (χ0) is 22.5. The summed E-state index contributed by atoms with van der Waals surface area (Å²) in [6, 6.07) is 4.68. The Bertz CT molecular complexity index is 944. The van der Waals surface area contributed by atoms with Crippen molar-refractivity contribution in [2.45, 2.75) is 56.8 Å². The summed E-state index contributed by atoms with van der Waals surface area (Å²) < 4.78 is 1.82. The van der Waals surface area contributed by atoms with E-state index in [-0.39, 0.29) is 34.5 Å². The molecule has 3 rings (SSSR count). The number of halogens is 2. The van der Waals surface area contributed by atoms with E-state index in [0.29, 0.717) is 27.6 Å². The number of nitrogens with one attached hydrogen (secondary N) is 2. The Morgan fingerprint density at radius 2 is 1.94 bits per heavy atom. The molecule has 0 spiro atoms. The van der Waals surface area contributed by atoms with E-state index in [0.717, 1.165) is 12.8 Å². The van der Waals surface area contributed by atoms with Gasteiger partial charge in [-0.05, 0) is 37.0 Å². The summed E-state index contributed by atoms with van der Waals surface area (Å²) in [5.74, 6) is 0.649. The Labute approximate surface area is 196 Å². The number of thioether (sulfide) groups is 1. The summed E-state index contributed by atoms with van der Waals surface area (Å²) in [5, 5.41) is 16.0. The second-order valence-electron chi connectivity index (χ2n) is 8.06. The summed E-state index contributed by atoms with van der Waals surface area (Å²) in [4.78, 5) is 25.0. The third kappa shape index (κ3) is 6.14. The molecular formula is C21H27Cl2N5O2S. The van der Waals surface area contributed by atoms with Crippen molar-refractivity contribution in [3.05, 3.63) is 39.6 Å². The van der Waals surface area contributed by atoms with Crippen LogP contribution in [0.25, 0.3) is 0 Å². The maximum absolute atomic E-state index is 12.8. The Morgan fingerprint density at radius 1 is 1.23 bits per heavy atom. The van der Waals surface area contributed by atoms with E-state index in [1.165, 1.54) is 30.7 Å². The average molecular weight is 484 g/mol. The number of hydrogen-bond donors (Lipinski definition) is 2. The fraction of sp³-hybridized carbons (Fsp3) is 0.524. The van der Waals surface area contributed by atoms with Crippen molar-refractivity contribution < 1.29 is 9.59 Å². The molecule has 0 saturated heterocycles. The predicted molar refractivity (Wildman–Crippen MR) is 124 cm³/mol. The van der Waals surface area contributed by atoms with E-state index in [9.17, 15) is 9.59 Å². The highest BCUT2D eigenvalue weighted by atomic mass is 35.5. The summed E-state index contributed by atoms with van der Waals surface area (Å²) in [6.45, 7) is 3.98. The Kier molecular flexibility index (Phi) is 8.24. The maximum atomic E-state index is 12.8. The van der Waals surface area contributed by atoms with Crippen LogP contribution in [0.4, 0.5) is 0 Å². The lowest BCUT2D eigenvalue weighted by molar-refractivity contribution is -0.119. The van der Waals surface area contributed by atoms with Gasteiger partial charge in [0.2, 0.25) is 5.91 Å². The zero-order valence-corrected chi connectivity index (χ0v) is 20.2. The molecule has 1 aromatic carbocycles. The van der Waals surface area contributed by atoms with Crippen LogP contribution in [0.2, 0.25) is 10.0 Å². The molecule has 1 heterocycles. The molecule has 2 N–H and O–H groups in total. The van der Waals surface area contributed by atoms with Gasteiger partial charge in [-0.1, -0.05) is 61.7 Å². The van der Waals surface area contributed by atoms with Gasteiger partial charge in [-0.3, -0.25) is 9.59 Å². The van der Waals surface area contributed by atoms with E-state index in [1.807, 2.05) is 25.5 Å². The van der Waals surface area contributed by atoms with Crippen LogP contribution in [-0.4, -0.2) is 38.4 Å². The van der Waals surface area contributed by atoms with Gasteiger partial charge in [-0.25, -0.2) is 0 Å². The molecule has 0 radical (unpaired) electrons. The molecule has 1 fully saturated rings. The van der Waals surface area contributed by atoms with Crippen LogP contribution in [-0.2, 0) is 11.8 Å². The van der Waals surface area contributed by atoms with E-state index >= 15 is 0 Å². The largest absolute Gasteiger partial charge is 0.353 e. The topological polar surface area (TPSA) is 88.9 Å². The van der Waals surface area contributed by atoms with Gasteiger partial charge >= 0.3 is 0 Å². The van der Waals surface area contributed by atoms with Gasteiger partial charge < -0.3 is 15.2 Å². The van der Waals surface area contributed by atoms with Gasteiger partial charge in [-0.15, -0.1) is 10.2 Å². The highest BCUT2D eigenvalue weighted by Crippen LogP contribution is 2.26. The molecule has 31 heavy (non-hydrogen) atoms. The first-order valence-electron chi connectivity index (χ1n) is 10.3. The minimum Gasteiger partial charge on any atom is -0.353 e. The number of rotatable bonds is 8. The van der Waals surface area contributed by atoms with Gasteiger partial charge in [0, 0.05) is 18.1 Å². The van der Waals surface area contributed by atoms with E-state index in [4.69, 9.17) is 23.2 Å². The summed E-state index contributed by atoms with van der Waals surface area (Å²) in [5.41, 5.74) is 0.345. The van der Waals surface area contributed by atoms with Crippen molar-refractivity contribution in [1.29, 1.82) is 0 Å². The van der Waals surface area contributed by atoms with Crippen LogP contribution >= 0.6 is 35.0 Å². The van der Waals surface area contributed by atoms with Crippen molar-refractivity contribution in [3.63, 3.8) is 0 Å². The third-order valence-corrected chi connectivity index (χ3v) is 6.90. The lowest BCUT2D eigenvalue weighted by atomic mass is 10.0. The van der Waals surface area contributed by atoms with Crippen molar-refractivity contribution in [2.24, 2.45) is 13.0 Å².